The minimum absolute atomic E-state index is 0.0932. The summed E-state index contributed by atoms with van der Waals surface area (Å²) in [6.07, 6.45) is 1.62. The van der Waals surface area contributed by atoms with Crippen LogP contribution in [0.2, 0.25) is 5.02 Å². The Hall–Kier alpha value is -3.50. The number of rotatable bonds is 9. The van der Waals surface area contributed by atoms with Crippen molar-refractivity contribution >= 4 is 35.1 Å². The second-order valence-corrected chi connectivity index (χ2v) is 8.11. The highest BCUT2D eigenvalue weighted by molar-refractivity contribution is 7.99. The van der Waals surface area contributed by atoms with Gasteiger partial charge in [0.05, 0.1) is 32.7 Å². The first-order chi connectivity index (χ1) is 16.1. The highest BCUT2D eigenvalue weighted by Gasteiger charge is 2.15. The number of benzene rings is 2. The molecule has 11 heteroatoms. The quantitative estimate of drug-likeness (QED) is 0.348. The zero-order valence-electron chi connectivity index (χ0n) is 17.8. The smallest absolute Gasteiger partial charge is 0.277 e. The van der Waals surface area contributed by atoms with Crippen molar-refractivity contribution in [2.75, 3.05) is 25.3 Å². The van der Waals surface area contributed by atoms with Crippen molar-refractivity contribution in [3.63, 3.8) is 0 Å². The van der Waals surface area contributed by atoms with E-state index in [9.17, 15) is 4.79 Å². The number of hydrogen-bond acceptors (Lipinski definition) is 8. The number of hydrogen-bond donors (Lipinski definition) is 1. The lowest BCUT2D eigenvalue weighted by Gasteiger charge is -2.14. The molecular formula is C22H20ClN5O4S. The third-order valence-corrected chi connectivity index (χ3v) is 5.68. The molecule has 9 nitrogen and oxygen atoms in total. The molecule has 0 aliphatic rings. The molecule has 0 spiro atoms. The summed E-state index contributed by atoms with van der Waals surface area (Å²) in [6, 6.07) is 14.4. The normalized spacial score (nSPS) is 10.8. The first-order valence-corrected chi connectivity index (χ1v) is 11.2. The number of anilines is 1. The van der Waals surface area contributed by atoms with Gasteiger partial charge in [-0.3, -0.25) is 4.79 Å². The maximum Gasteiger partial charge on any atom is 0.277 e. The highest BCUT2D eigenvalue weighted by atomic mass is 35.5. The largest absolute Gasteiger partial charge is 0.493 e. The number of aromatic nitrogens is 4. The molecule has 2 heterocycles. The van der Waals surface area contributed by atoms with Crippen LogP contribution in [0, 0.1) is 0 Å². The molecule has 0 aliphatic heterocycles. The van der Waals surface area contributed by atoms with Crippen LogP contribution in [-0.2, 0) is 11.3 Å². The van der Waals surface area contributed by atoms with Crippen molar-refractivity contribution < 1.29 is 18.7 Å². The van der Waals surface area contributed by atoms with E-state index in [1.54, 1.807) is 55.4 Å². The van der Waals surface area contributed by atoms with Gasteiger partial charge in [0, 0.05) is 22.2 Å². The molecule has 0 saturated heterocycles. The molecule has 2 aromatic heterocycles. The van der Waals surface area contributed by atoms with E-state index in [0.717, 1.165) is 22.9 Å². The predicted molar refractivity (Wildman–Crippen MR) is 125 cm³/mol. The number of halogens is 1. The predicted octanol–water partition coefficient (Wildman–Crippen LogP) is 4.38. The van der Waals surface area contributed by atoms with Gasteiger partial charge in [0.15, 0.2) is 11.5 Å². The van der Waals surface area contributed by atoms with Crippen LogP contribution in [0.1, 0.15) is 5.56 Å². The fourth-order valence-electron chi connectivity index (χ4n) is 3.09. The lowest BCUT2D eigenvalue weighted by Crippen LogP contribution is -2.18. The number of para-hydroxylation sites is 1. The molecule has 0 radical (unpaired) electrons. The van der Waals surface area contributed by atoms with Gasteiger partial charge in [-0.2, -0.15) is 5.10 Å². The van der Waals surface area contributed by atoms with Crippen LogP contribution in [0.3, 0.4) is 0 Å². The number of methoxy groups -OCH3 is 2. The van der Waals surface area contributed by atoms with Crippen LogP contribution in [0.25, 0.3) is 11.5 Å². The van der Waals surface area contributed by atoms with Crippen molar-refractivity contribution in [1.82, 2.24) is 20.0 Å². The maximum atomic E-state index is 12.5. The first-order valence-electron chi connectivity index (χ1n) is 9.81. The van der Waals surface area contributed by atoms with Gasteiger partial charge < -0.3 is 19.2 Å². The summed E-state index contributed by atoms with van der Waals surface area (Å²) >= 11 is 7.04. The van der Waals surface area contributed by atoms with Crippen LogP contribution in [0.4, 0.5) is 5.82 Å². The summed E-state index contributed by atoms with van der Waals surface area (Å²) in [5, 5.41) is 16.1. The summed E-state index contributed by atoms with van der Waals surface area (Å²) in [4.78, 5) is 12.5. The number of amides is 1. The van der Waals surface area contributed by atoms with E-state index in [0.29, 0.717) is 40.0 Å². The monoisotopic (exact) mass is 485 g/mol. The van der Waals surface area contributed by atoms with E-state index in [1.807, 2.05) is 18.2 Å². The maximum absolute atomic E-state index is 12.5. The molecule has 170 valence electrons. The van der Waals surface area contributed by atoms with Crippen molar-refractivity contribution in [1.29, 1.82) is 0 Å². The molecule has 4 aromatic rings. The Morgan fingerprint density at radius 1 is 1.12 bits per heavy atom. The van der Waals surface area contributed by atoms with Crippen LogP contribution in [0.15, 0.2) is 64.4 Å². The van der Waals surface area contributed by atoms with Gasteiger partial charge in [0.1, 0.15) is 5.82 Å². The SMILES string of the molecule is COc1cccc(Cn2nccc2NC(=O)CSc2nnc(-c3ccc(Cl)cc3)o2)c1OC. The van der Waals surface area contributed by atoms with Gasteiger partial charge >= 0.3 is 0 Å². The van der Waals surface area contributed by atoms with Crippen molar-refractivity contribution in [2.45, 2.75) is 11.8 Å². The van der Waals surface area contributed by atoms with E-state index < -0.39 is 0 Å². The average Bonchev–Trinajstić information content (AvgIpc) is 3.48. The van der Waals surface area contributed by atoms with E-state index in [-0.39, 0.29) is 11.7 Å². The number of carbonyl (C=O) groups is 1. The number of carbonyl (C=O) groups excluding carboxylic acids is 1. The Balaban J connectivity index is 1.37. The standard InChI is InChI=1S/C22H20ClN5O4S/c1-30-17-5-3-4-15(20(17)31-2)12-28-18(10-11-24-28)25-19(29)13-33-22-27-26-21(32-22)14-6-8-16(23)9-7-14/h3-11H,12-13H2,1-2H3,(H,25,29). The molecule has 0 aliphatic carbocycles. The van der Waals surface area contributed by atoms with Gasteiger partial charge in [-0.1, -0.05) is 35.5 Å². The summed E-state index contributed by atoms with van der Waals surface area (Å²) in [5.41, 5.74) is 1.62. The van der Waals surface area contributed by atoms with Gasteiger partial charge in [-0.05, 0) is 30.3 Å². The summed E-state index contributed by atoms with van der Waals surface area (Å²) in [6.45, 7) is 0.393. The number of ether oxygens (including phenoxy) is 2. The van der Waals surface area contributed by atoms with Gasteiger partial charge in [0.25, 0.3) is 5.22 Å². The Morgan fingerprint density at radius 3 is 2.70 bits per heavy atom. The lowest BCUT2D eigenvalue weighted by molar-refractivity contribution is -0.113. The molecule has 2 aromatic carbocycles. The second-order valence-electron chi connectivity index (χ2n) is 6.74. The molecular weight excluding hydrogens is 466 g/mol. The van der Waals surface area contributed by atoms with E-state index in [2.05, 4.69) is 20.6 Å². The number of thioether (sulfide) groups is 1. The highest BCUT2D eigenvalue weighted by Crippen LogP contribution is 2.31. The fourth-order valence-corrected chi connectivity index (χ4v) is 3.78. The van der Waals surface area contributed by atoms with E-state index >= 15 is 0 Å². The summed E-state index contributed by atoms with van der Waals surface area (Å²) in [7, 11) is 3.17. The van der Waals surface area contributed by atoms with E-state index in [1.165, 1.54) is 0 Å². The molecule has 4 rings (SSSR count). The van der Waals surface area contributed by atoms with Gasteiger partial charge in [-0.15, -0.1) is 10.2 Å². The summed E-state index contributed by atoms with van der Waals surface area (Å²) < 4.78 is 18.1. The molecule has 0 atom stereocenters. The van der Waals surface area contributed by atoms with Crippen LogP contribution < -0.4 is 14.8 Å². The molecule has 1 amide bonds. The summed E-state index contributed by atoms with van der Waals surface area (Å²) in [5.74, 6) is 2.02. The number of nitrogens with one attached hydrogen (secondary N) is 1. The Kier molecular flexibility index (Phi) is 7.16. The Bertz CT molecular complexity index is 1240. The van der Waals surface area contributed by atoms with E-state index in [4.69, 9.17) is 25.5 Å². The van der Waals surface area contributed by atoms with Crippen molar-refractivity contribution in [3.05, 3.63) is 65.3 Å². The van der Waals surface area contributed by atoms with Crippen LogP contribution >= 0.6 is 23.4 Å². The zero-order valence-corrected chi connectivity index (χ0v) is 19.4. The fraction of sp³-hybridized carbons (Fsp3) is 0.182. The molecule has 0 saturated carbocycles. The minimum atomic E-state index is -0.231. The topological polar surface area (TPSA) is 104 Å². The van der Waals surface area contributed by atoms with Crippen molar-refractivity contribution in [2.24, 2.45) is 0 Å². The molecule has 33 heavy (non-hydrogen) atoms. The third kappa shape index (κ3) is 5.47. The van der Waals surface area contributed by atoms with Crippen LogP contribution in [0.5, 0.6) is 11.5 Å². The van der Waals surface area contributed by atoms with Crippen molar-refractivity contribution in [3.8, 4) is 23.0 Å². The lowest BCUT2D eigenvalue weighted by atomic mass is 10.2. The first kappa shape index (κ1) is 22.7. The van der Waals surface area contributed by atoms with Gasteiger partial charge in [-0.25, -0.2) is 4.68 Å². The third-order valence-electron chi connectivity index (χ3n) is 4.61. The minimum Gasteiger partial charge on any atom is -0.493 e. The van der Waals surface area contributed by atoms with Gasteiger partial charge in [0.2, 0.25) is 11.8 Å². The zero-order chi connectivity index (χ0) is 23.2. The average molecular weight is 486 g/mol. The molecule has 0 bridgehead atoms. The molecule has 0 unspecified atom stereocenters. The second kappa shape index (κ2) is 10.4. The Morgan fingerprint density at radius 2 is 1.94 bits per heavy atom. The Labute approximate surface area is 199 Å². The number of nitrogens with zero attached hydrogens (tertiary/aromatic N) is 4. The van der Waals surface area contributed by atoms with Crippen LogP contribution in [-0.4, -0.2) is 45.9 Å². The molecule has 1 N–H and O–H groups in total. The molecule has 0 fully saturated rings.